The lowest BCUT2D eigenvalue weighted by Gasteiger charge is -2.10. The van der Waals surface area contributed by atoms with Gasteiger partial charge < -0.3 is 19.8 Å². The first-order valence-corrected chi connectivity index (χ1v) is 8.26. The smallest absolute Gasteiger partial charge is 0.267 e. The molecular weight excluding hydrogens is 340 g/mol. The Morgan fingerprint density at radius 2 is 1.88 bits per heavy atom. The number of hydrogen-bond donors (Lipinski definition) is 2. The van der Waals surface area contributed by atoms with E-state index in [1.54, 1.807) is 26.4 Å². The van der Waals surface area contributed by atoms with Crippen molar-refractivity contribution in [2.24, 2.45) is 0 Å². The second kappa shape index (κ2) is 7.49. The molecule has 0 aliphatic heterocycles. The van der Waals surface area contributed by atoms with Crippen LogP contribution >= 0.6 is 11.6 Å². The van der Waals surface area contributed by atoms with E-state index in [0.29, 0.717) is 35.2 Å². The first-order chi connectivity index (χ1) is 12.1. The molecule has 0 atom stereocenters. The average Bonchev–Trinajstić information content (AvgIpc) is 3.04. The zero-order valence-corrected chi connectivity index (χ0v) is 14.8. The van der Waals surface area contributed by atoms with Crippen molar-refractivity contribution in [3.63, 3.8) is 0 Å². The van der Waals surface area contributed by atoms with Gasteiger partial charge >= 0.3 is 0 Å². The third-order valence-corrected chi connectivity index (χ3v) is 4.21. The second-order valence-electron chi connectivity index (χ2n) is 5.61. The Labute approximate surface area is 150 Å². The van der Waals surface area contributed by atoms with Crippen LogP contribution < -0.4 is 14.8 Å². The monoisotopic (exact) mass is 358 g/mol. The van der Waals surface area contributed by atoms with Crippen molar-refractivity contribution in [3.05, 3.63) is 58.7 Å². The van der Waals surface area contributed by atoms with Crippen LogP contribution in [0, 0.1) is 0 Å². The van der Waals surface area contributed by atoms with E-state index in [4.69, 9.17) is 21.1 Å². The first-order valence-electron chi connectivity index (χ1n) is 7.88. The molecule has 130 valence electrons. The molecule has 0 saturated heterocycles. The van der Waals surface area contributed by atoms with Crippen molar-refractivity contribution >= 4 is 28.4 Å². The third kappa shape index (κ3) is 3.88. The van der Waals surface area contributed by atoms with E-state index >= 15 is 0 Å². The topological polar surface area (TPSA) is 63.3 Å². The fourth-order valence-corrected chi connectivity index (χ4v) is 2.85. The van der Waals surface area contributed by atoms with Crippen molar-refractivity contribution < 1.29 is 14.3 Å². The predicted octanol–water partition coefficient (Wildman–Crippen LogP) is 3.81. The maximum atomic E-state index is 12.3. The average molecular weight is 359 g/mol. The summed E-state index contributed by atoms with van der Waals surface area (Å²) in [6, 6.07) is 13.0. The molecular formula is C19H19ClN2O3. The van der Waals surface area contributed by atoms with Gasteiger partial charge in [0.1, 0.15) is 5.69 Å². The molecule has 0 bridgehead atoms. The van der Waals surface area contributed by atoms with Crippen LogP contribution in [0.5, 0.6) is 11.5 Å². The minimum absolute atomic E-state index is 0.146. The Morgan fingerprint density at radius 1 is 1.08 bits per heavy atom. The maximum absolute atomic E-state index is 12.3. The molecule has 0 radical (unpaired) electrons. The van der Waals surface area contributed by atoms with Gasteiger partial charge in [0.15, 0.2) is 11.5 Å². The standard InChI is InChI=1S/C19H19ClN2O3/c1-24-17-6-3-12(9-18(17)25-2)7-8-21-19(23)16-10-13-4-5-14(20)11-15(13)22-16/h3-6,9-11,22H,7-8H2,1-2H3,(H,21,23). The normalized spacial score (nSPS) is 10.7. The lowest BCUT2D eigenvalue weighted by molar-refractivity contribution is 0.0950. The Bertz CT molecular complexity index is 905. The van der Waals surface area contributed by atoms with Gasteiger partial charge in [0.05, 0.1) is 14.2 Å². The molecule has 2 aromatic carbocycles. The number of rotatable bonds is 6. The number of carbonyl (C=O) groups excluding carboxylic acids is 1. The zero-order chi connectivity index (χ0) is 17.8. The van der Waals surface area contributed by atoms with Crippen LogP contribution in [-0.2, 0) is 6.42 Å². The molecule has 25 heavy (non-hydrogen) atoms. The molecule has 1 aromatic heterocycles. The fraction of sp³-hybridized carbons (Fsp3) is 0.211. The summed E-state index contributed by atoms with van der Waals surface area (Å²) in [5, 5.41) is 4.50. The number of hydrogen-bond acceptors (Lipinski definition) is 3. The van der Waals surface area contributed by atoms with Crippen LogP contribution in [0.2, 0.25) is 5.02 Å². The number of aromatic amines is 1. The van der Waals surface area contributed by atoms with Crippen molar-refractivity contribution in [3.8, 4) is 11.5 Å². The number of methoxy groups -OCH3 is 2. The minimum atomic E-state index is -0.146. The number of carbonyl (C=O) groups is 1. The summed E-state index contributed by atoms with van der Waals surface area (Å²) in [4.78, 5) is 15.4. The number of amides is 1. The summed E-state index contributed by atoms with van der Waals surface area (Å²) >= 11 is 5.97. The van der Waals surface area contributed by atoms with Crippen molar-refractivity contribution in [1.29, 1.82) is 0 Å². The van der Waals surface area contributed by atoms with Crippen molar-refractivity contribution in [1.82, 2.24) is 10.3 Å². The zero-order valence-electron chi connectivity index (χ0n) is 14.1. The number of benzene rings is 2. The highest BCUT2D eigenvalue weighted by atomic mass is 35.5. The number of ether oxygens (including phenoxy) is 2. The van der Waals surface area contributed by atoms with Crippen LogP contribution in [-0.4, -0.2) is 31.7 Å². The summed E-state index contributed by atoms with van der Waals surface area (Å²) < 4.78 is 10.5. The molecule has 2 N–H and O–H groups in total. The Kier molecular flexibility index (Phi) is 5.14. The molecule has 0 spiro atoms. The Morgan fingerprint density at radius 3 is 2.64 bits per heavy atom. The fourth-order valence-electron chi connectivity index (χ4n) is 2.67. The quantitative estimate of drug-likeness (QED) is 0.704. The molecule has 0 unspecified atom stereocenters. The van der Waals surface area contributed by atoms with E-state index in [1.165, 1.54) is 0 Å². The Balaban J connectivity index is 1.62. The van der Waals surface area contributed by atoms with E-state index in [0.717, 1.165) is 16.5 Å². The molecule has 0 fully saturated rings. The SMILES string of the molecule is COc1ccc(CCNC(=O)c2cc3ccc(Cl)cc3[nH]2)cc1OC. The lowest BCUT2D eigenvalue weighted by Crippen LogP contribution is -2.25. The summed E-state index contributed by atoms with van der Waals surface area (Å²) in [6.07, 6.45) is 0.693. The second-order valence-corrected chi connectivity index (χ2v) is 6.05. The van der Waals surface area contributed by atoms with Crippen molar-refractivity contribution in [2.45, 2.75) is 6.42 Å². The number of nitrogens with one attached hydrogen (secondary N) is 2. The van der Waals surface area contributed by atoms with Gasteiger partial charge in [-0.3, -0.25) is 4.79 Å². The van der Waals surface area contributed by atoms with Gasteiger partial charge in [-0.15, -0.1) is 0 Å². The van der Waals surface area contributed by atoms with Crippen LogP contribution in [0.15, 0.2) is 42.5 Å². The molecule has 0 aliphatic rings. The van der Waals surface area contributed by atoms with Gasteiger partial charge in [0.25, 0.3) is 5.91 Å². The van der Waals surface area contributed by atoms with E-state index in [9.17, 15) is 4.79 Å². The molecule has 3 rings (SSSR count). The van der Waals surface area contributed by atoms with Gasteiger partial charge in [-0.05, 0) is 42.3 Å². The van der Waals surface area contributed by atoms with Crippen LogP contribution in [0.4, 0.5) is 0 Å². The van der Waals surface area contributed by atoms with Crippen molar-refractivity contribution in [2.75, 3.05) is 20.8 Å². The molecule has 5 nitrogen and oxygen atoms in total. The van der Waals surface area contributed by atoms with Gasteiger partial charge in [-0.25, -0.2) is 0 Å². The van der Waals surface area contributed by atoms with E-state index in [-0.39, 0.29) is 5.91 Å². The number of H-pyrrole nitrogens is 1. The highest BCUT2D eigenvalue weighted by Crippen LogP contribution is 2.27. The Hall–Kier alpha value is -2.66. The van der Waals surface area contributed by atoms with Gasteiger partial charge in [-0.1, -0.05) is 23.7 Å². The maximum Gasteiger partial charge on any atom is 0.267 e. The highest BCUT2D eigenvalue weighted by molar-refractivity contribution is 6.31. The van der Waals surface area contributed by atoms with E-state index < -0.39 is 0 Å². The first kappa shape index (κ1) is 17.2. The van der Waals surface area contributed by atoms with E-state index in [1.807, 2.05) is 30.3 Å². The third-order valence-electron chi connectivity index (χ3n) is 3.98. The minimum Gasteiger partial charge on any atom is -0.493 e. The van der Waals surface area contributed by atoms with Gasteiger partial charge in [0, 0.05) is 22.5 Å². The van der Waals surface area contributed by atoms with Gasteiger partial charge in [-0.2, -0.15) is 0 Å². The summed E-state index contributed by atoms with van der Waals surface area (Å²) in [7, 11) is 3.21. The summed E-state index contributed by atoms with van der Waals surface area (Å²) in [5.74, 6) is 1.22. The predicted molar refractivity (Wildman–Crippen MR) is 98.9 cm³/mol. The summed E-state index contributed by atoms with van der Waals surface area (Å²) in [5.41, 5.74) is 2.42. The molecule has 1 amide bonds. The van der Waals surface area contributed by atoms with Crippen LogP contribution in [0.3, 0.4) is 0 Å². The number of fused-ring (bicyclic) bond motifs is 1. The van der Waals surface area contributed by atoms with Crippen LogP contribution in [0.25, 0.3) is 10.9 Å². The van der Waals surface area contributed by atoms with E-state index in [2.05, 4.69) is 10.3 Å². The van der Waals surface area contributed by atoms with Gasteiger partial charge in [0.2, 0.25) is 0 Å². The molecule has 1 heterocycles. The molecule has 6 heteroatoms. The highest BCUT2D eigenvalue weighted by Gasteiger charge is 2.10. The number of halogens is 1. The summed E-state index contributed by atoms with van der Waals surface area (Å²) in [6.45, 7) is 0.518. The molecule has 0 saturated carbocycles. The lowest BCUT2D eigenvalue weighted by atomic mass is 10.1. The largest absolute Gasteiger partial charge is 0.493 e. The molecule has 0 aliphatic carbocycles. The molecule has 3 aromatic rings. The van der Waals surface area contributed by atoms with Crippen LogP contribution in [0.1, 0.15) is 16.1 Å². The number of aromatic nitrogens is 1.